The van der Waals surface area contributed by atoms with Crippen molar-refractivity contribution in [3.05, 3.63) is 65.2 Å². The van der Waals surface area contributed by atoms with Crippen molar-refractivity contribution in [3.63, 3.8) is 0 Å². The number of aliphatic hydroxyl groups is 1. The molecule has 0 aliphatic rings. The fourth-order valence-electron chi connectivity index (χ4n) is 2.64. The lowest BCUT2D eigenvalue weighted by molar-refractivity contribution is -0.123. The van der Waals surface area contributed by atoms with Crippen molar-refractivity contribution >= 4 is 5.91 Å². The average Bonchev–Trinajstić information content (AvgIpc) is 2.58. The van der Waals surface area contributed by atoms with Crippen LogP contribution in [0.3, 0.4) is 0 Å². The Kier molecular flexibility index (Phi) is 6.82. The molecular formula is C20H25NO3. The molecule has 0 radical (unpaired) electrons. The Labute approximate surface area is 143 Å². The zero-order valence-corrected chi connectivity index (χ0v) is 14.3. The molecule has 2 N–H and O–H groups in total. The van der Waals surface area contributed by atoms with Gasteiger partial charge in [0.15, 0.2) is 6.61 Å². The summed E-state index contributed by atoms with van der Waals surface area (Å²) < 4.78 is 5.63. The number of carbonyl (C=O) groups is 1. The second-order valence-corrected chi connectivity index (χ2v) is 5.95. The highest BCUT2D eigenvalue weighted by atomic mass is 16.5. The first-order valence-corrected chi connectivity index (χ1v) is 8.25. The van der Waals surface area contributed by atoms with Gasteiger partial charge in [-0.1, -0.05) is 48.0 Å². The third kappa shape index (κ3) is 5.39. The van der Waals surface area contributed by atoms with Crippen LogP contribution in [-0.4, -0.2) is 24.2 Å². The summed E-state index contributed by atoms with van der Waals surface area (Å²) >= 11 is 0. The summed E-state index contributed by atoms with van der Waals surface area (Å²) in [6.07, 6.45) is 1.33. The van der Waals surface area contributed by atoms with Crippen molar-refractivity contribution in [3.8, 4) is 5.75 Å². The number of amides is 1. The van der Waals surface area contributed by atoms with Crippen LogP contribution in [0.5, 0.6) is 5.75 Å². The minimum absolute atomic E-state index is 0.0215. The normalized spacial score (nSPS) is 11.8. The minimum Gasteiger partial charge on any atom is -0.484 e. The van der Waals surface area contributed by atoms with Gasteiger partial charge in [0.1, 0.15) is 5.75 Å². The number of rotatable bonds is 8. The van der Waals surface area contributed by atoms with Gasteiger partial charge < -0.3 is 15.2 Å². The molecule has 128 valence electrons. The van der Waals surface area contributed by atoms with Crippen molar-refractivity contribution in [1.29, 1.82) is 0 Å². The summed E-state index contributed by atoms with van der Waals surface area (Å²) in [5, 5.41) is 12.1. The molecule has 2 aromatic rings. The number of nitrogens with one attached hydrogen (secondary N) is 1. The van der Waals surface area contributed by atoms with E-state index in [-0.39, 0.29) is 25.2 Å². The van der Waals surface area contributed by atoms with E-state index in [1.165, 1.54) is 0 Å². The highest BCUT2D eigenvalue weighted by Gasteiger charge is 2.14. The summed E-state index contributed by atoms with van der Waals surface area (Å²) in [6, 6.07) is 15.6. The van der Waals surface area contributed by atoms with Crippen LogP contribution in [0.4, 0.5) is 0 Å². The molecule has 4 nitrogen and oxygen atoms in total. The molecule has 0 fully saturated rings. The lowest BCUT2D eigenvalue weighted by atomic mass is 10.0. The van der Waals surface area contributed by atoms with Crippen LogP contribution >= 0.6 is 0 Å². The second kappa shape index (κ2) is 9.08. The lowest BCUT2D eigenvalue weighted by Gasteiger charge is -2.19. The maximum Gasteiger partial charge on any atom is 0.258 e. The van der Waals surface area contributed by atoms with Gasteiger partial charge in [-0.2, -0.15) is 0 Å². The molecular weight excluding hydrogens is 302 g/mol. The molecule has 0 heterocycles. The molecule has 1 atom stereocenters. The molecule has 2 rings (SSSR count). The number of ether oxygens (including phenoxy) is 1. The van der Waals surface area contributed by atoms with E-state index in [2.05, 4.69) is 5.32 Å². The van der Waals surface area contributed by atoms with Crippen LogP contribution in [-0.2, 0) is 4.79 Å². The molecule has 0 aromatic heterocycles. The van der Waals surface area contributed by atoms with E-state index in [1.807, 2.05) is 62.4 Å². The first kappa shape index (κ1) is 18.0. The highest BCUT2D eigenvalue weighted by Crippen LogP contribution is 2.20. The fraction of sp³-hybridized carbons (Fsp3) is 0.350. The first-order valence-electron chi connectivity index (χ1n) is 8.25. The Bertz CT molecular complexity index is 655. The van der Waals surface area contributed by atoms with E-state index < -0.39 is 0 Å². The molecule has 2 aromatic carbocycles. The summed E-state index contributed by atoms with van der Waals surface area (Å²) in [4.78, 5) is 12.2. The van der Waals surface area contributed by atoms with Gasteiger partial charge in [0.05, 0.1) is 6.04 Å². The summed E-state index contributed by atoms with van der Waals surface area (Å²) in [6.45, 7) is 4.08. The standard InChI is InChI=1S/C20H25NO3/c1-15-10-11-19(16(2)13-15)24-14-20(23)21-18(9-6-12-22)17-7-4-3-5-8-17/h3-5,7-8,10-11,13,18,22H,6,9,12,14H2,1-2H3,(H,21,23). The van der Waals surface area contributed by atoms with Gasteiger partial charge in [-0.3, -0.25) is 4.79 Å². The monoisotopic (exact) mass is 327 g/mol. The van der Waals surface area contributed by atoms with Crippen molar-refractivity contribution < 1.29 is 14.6 Å². The van der Waals surface area contributed by atoms with Gasteiger partial charge in [-0.15, -0.1) is 0 Å². The fourth-order valence-corrected chi connectivity index (χ4v) is 2.64. The van der Waals surface area contributed by atoms with Crippen molar-refractivity contribution in [2.75, 3.05) is 13.2 Å². The topological polar surface area (TPSA) is 58.6 Å². The predicted octanol–water partition coefficient (Wildman–Crippen LogP) is 3.31. The Morgan fingerprint density at radius 2 is 1.92 bits per heavy atom. The SMILES string of the molecule is Cc1ccc(OCC(=O)NC(CCCO)c2ccccc2)c(C)c1. The van der Waals surface area contributed by atoms with Gasteiger partial charge in [-0.05, 0) is 43.9 Å². The van der Waals surface area contributed by atoms with E-state index >= 15 is 0 Å². The van der Waals surface area contributed by atoms with E-state index in [4.69, 9.17) is 9.84 Å². The first-order chi connectivity index (χ1) is 11.6. The van der Waals surface area contributed by atoms with Gasteiger partial charge in [0.2, 0.25) is 0 Å². The maximum atomic E-state index is 12.2. The zero-order valence-electron chi connectivity index (χ0n) is 14.3. The van der Waals surface area contributed by atoms with E-state index in [9.17, 15) is 4.79 Å². The van der Waals surface area contributed by atoms with Crippen LogP contribution in [0.25, 0.3) is 0 Å². The lowest BCUT2D eigenvalue weighted by Crippen LogP contribution is -2.32. The second-order valence-electron chi connectivity index (χ2n) is 5.95. The van der Waals surface area contributed by atoms with Gasteiger partial charge in [0, 0.05) is 6.61 Å². The van der Waals surface area contributed by atoms with Crippen molar-refractivity contribution in [1.82, 2.24) is 5.32 Å². The van der Waals surface area contributed by atoms with E-state index in [0.717, 1.165) is 22.4 Å². The number of benzene rings is 2. The average molecular weight is 327 g/mol. The number of hydrogen-bond donors (Lipinski definition) is 2. The Morgan fingerprint density at radius 3 is 2.58 bits per heavy atom. The molecule has 1 unspecified atom stereocenters. The Balaban J connectivity index is 1.94. The molecule has 0 saturated carbocycles. The summed E-state index contributed by atoms with van der Waals surface area (Å²) in [5.74, 6) is 0.559. The summed E-state index contributed by atoms with van der Waals surface area (Å²) in [5.41, 5.74) is 3.21. The molecule has 0 saturated heterocycles. The molecule has 0 spiro atoms. The minimum atomic E-state index is -0.165. The van der Waals surface area contributed by atoms with Crippen molar-refractivity contribution in [2.45, 2.75) is 32.7 Å². The Hall–Kier alpha value is -2.33. The maximum absolute atomic E-state index is 12.2. The quantitative estimate of drug-likeness (QED) is 0.782. The smallest absolute Gasteiger partial charge is 0.258 e. The van der Waals surface area contributed by atoms with Crippen molar-refractivity contribution in [2.24, 2.45) is 0 Å². The molecule has 24 heavy (non-hydrogen) atoms. The van der Waals surface area contributed by atoms with Crippen LogP contribution in [0.15, 0.2) is 48.5 Å². The van der Waals surface area contributed by atoms with Crippen LogP contribution in [0.2, 0.25) is 0 Å². The third-order valence-corrected chi connectivity index (χ3v) is 3.88. The van der Waals surface area contributed by atoms with Gasteiger partial charge in [0.25, 0.3) is 5.91 Å². The highest BCUT2D eigenvalue weighted by molar-refractivity contribution is 5.78. The Morgan fingerprint density at radius 1 is 1.17 bits per heavy atom. The van der Waals surface area contributed by atoms with Gasteiger partial charge in [-0.25, -0.2) is 0 Å². The molecule has 4 heteroatoms. The number of carbonyl (C=O) groups excluding carboxylic acids is 1. The molecule has 0 bridgehead atoms. The third-order valence-electron chi connectivity index (χ3n) is 3.88. The zero-order chi connectivity index (χ0) is 17.4. The predicted molar refractivity (Wildman–Crippen MR) is 95.1 cm³/mol. The van der Waals surface area contributed by atoms with Gasteiger partial charge >= 0.3 is 0 Å². The summed E-state index contributed by atoms with van der Waals surface area (Å²) in [7, 11) is 0. The van der Waals surface area contributed by atoms with E-state index in [1.54, 1.807) is 0 Å². The largest absolute Gasteiger partial charge is 0.484 e. The number of aliphatic hydroxyl groups excluding tert-OH is 1. The van der Waals surface area contributed by atoms with E-state index in [0.29, 0.717) is 12.8 Å². The van der Waals surface area contributed by atoms with Crippen LogP contribution in [0.1, 0.15) is 35.6 Å². The number of hydrogen-bond acceptors (Lipinski definition) is 3. The van der Waals surface area contributed by atoms with Crippen LogP contribution in [0, 0.1) is 13.8 Å². The molecule has 0 aliphatic heterocycles. The van der Waals surface area contributed by atoms with Crippen LogP contribution < -0.4 is 10.1 Å². The molecule has 1 amide bonds. The number of aryl methyl sites for hydroxylation is 2. The molecule has 0 aliphatic carbocycles.